The average Bonchev–Trinajstić information content (AvgIpc) is 2.50. The van der Waals surface area contributed by atoms with Gasteiger partial charge in [0.1, 0.15) is 5.78 Å². The Morgan fingerprint density at radius 1 is 1.44 bits per heavy atom. The standard InChI is InChI=1S/C12H18O4/c13-10-7-9(11(14)8-10)5-3-1-2-4-6-12(15)16/h1,3,9-10,13H,2,4-8H2,(H,15,16)/b3-1-/t9-,10+/m0/s1. The van der Waals surface area contributed by atoms with E-state index in [1.807, 2.05) is 12.2 Å². The molecule has 2 atom stereocenters. The van der Waals surface area contributed by atoms with Crippen LogP contribution in [0.3, 0.4) is 0 Å². The maximum absolute atomic E-state index is 11.3. The third-order valence-corrected chi connectivity index (χ3v) is 2.80. The van der Waals surface area contributed by atoms with Gasteiger partial charge >= 0.3 is 5.97 Å². The highest BCUT2D eigenvalue weighted by molar-refractivity contribution is 5.83. The second kappa shape index (κ2) is 6.43. The Hall–Kier alpha value is -1.16. The summed E-state index contributed by atoms with van der Waals surface area (Å²) in [4.78, 5) is 21.5. The summed E-state index contributed by atoms with van der Waals surface area (Å²) in [7, 11) is 0. The molecule has 0 aromatic carbocycles. The van der Waals surface area contributed by atoms with Crippen LogP contribution in [0.25, 0.3) is 0 Å². The summed E-state index contributed by atoms with van der Waals surface area (Å²) in [5, 5.41) is 17.7. The van der Waals surface area contributed by atoms with Crippen LogP contribution >= 0.6 is 0 Å². The minimum atomic E-state index is -0.775. The van der Waals surface area contributed by atoms with Gasteiger partial charge in [-0.25, -0.2) is 0 Å². The highest BCUT2D eigenvalue weighted by Gasteiger charge is 2.29. The predicted octanol–water partition coefficient (Wildman–Crippen LogP) is 1.53. The summed E-state index contributed by atoms with van der Waals surface area (Å²) in [6, 6.07) is 0. The van der Waals surface area contributed by atoms with E-state index in [2.05, 4.69) is 0 Å². The topological polar surface area (TPSA) is 74.6 Å². The molecule has 0 aromatic heterocycles. The minimum Gasteiger partial charge on any atom is -0.481 e. The Balaban J connectivity index is 2.12. The fourth-order valence-corrected chi connectivity index (χ4v) is 1.92. The lowest BCUT2D eigenvalue weighted by atomic mass is 10.0. The molecule has 4 heteroatoms. The monoisotopic (exact) mass is 226 g/mol. The van der Waals surface area contributed by atoms with Crippen LogP contribution in [0.1, 0.15) is 38.5 Å². The predicted molar refractivity (Wildman–Crippen MR) is 59.0 cm³/mol. The smallest absolute Gasteiger partial charge is 0.303 e. The van der Waals surface area contributed by atoms with E-state index in [0.717, 1.165) is 6.42 Å². The number of aliphatic carboxylic acids is 1. The lowest BCUT2D eigenvalue weighted by molar-refractivity contribution is -0.137. The second-order valence-electron chi connectivity index (χ2n) is 4.25. The van der Waals surface area contributed by atoms with Crippen LogP contribution in [0.5, 0.6) is 0 Å². The van der Waals surface area contributed by atoms with Crippen molar-refractivity contribution in [2.75, 3.05) is 0 Å². The first-order chi connectivity index (χ1) is 7.59. The van der Waals surface area contributed by atoms with Gasteiger partial charge in [0.25, 0.3) is 0 Å². The second-order valence-corrected chi connectivity index (χ2v) is 4.25. The summed E-state index contributed by atoms with van der Waals surface area (Å²) in [6.45, 7) is 0. The Kier molecular flexibility index (Phi) is 5.19. The third-order valence-electron chi connectivity index (χ3n) is 2.80. The van der Waals surface area contributed by atoms with Gasteiger partial charge in [-0.2, -0.15) is 0 Å². The molecule has 0 heterocycles. The molecule has 0 radical (unpaired) electrons. The Morgan fingerprint density at radius 2 is 2.19 bits per heavy atom. The number of hydrogen-bond acceptors (Lipinski definition) is 3. The molecule has 4 nitrogen and oxygen atoms in total. The molecule has 16 heavy (non-hydrogen) atoms. The molecule has 0 amide bonds. The van der Waals surface area contributed by atoms with Crippen molar-refractivity contribution in [3.8, 4) is 0 Å². The molecule has 0 saturated heterocycles. The van der Waals surface area contributed by atoms with E-state index in [1.54, 1.807) is 0 Å². The molecule has 1 aliphatic carbocycles. The van der Waals surface area contributed by atoms with Crippen molar-refractivity contribution in [2.24, 2.45) is 5.92 Å². The van der Waals surface area contributed by atoms with Gasteiger partial charge in [-0.3, -0.25) is 9.59 Å². The maximum Gasteiger partial charge on any atom is 0.303 e. The van der Waals surface area contributed by atoms with E-state index >= 15 is 0 Å². The van der Waals surface area contributed by atoms with Crippen molar-refractivity contribution in [2.45, 2.75) is 44.6 Å². The molecular weight excluding hydrogens is 208 g/mol. The number of hydrogen-bond donors (Lipinski definition) is 2. The summed E-state index contributed by atoms with van der Waals surface area (Å²) < 4.78 is 0. The van der Waals surface area contributed by atoms with Crippen molar-refractivity contribution >= 4 is 11.8 Å². The number of carboxylic acid groups (broad SMARTS) is 1. The summed E-state index contributed by atoms with van der Waals surface area (Å²) in [5.41, 5.74) is 0. The van der Waals surface area contributed by atoms with Crippen molar-refractivity contribution in [1.82, 2.24) is 0 Å². The molecule has 2 N–H and O–H groups in total. The molecule has 0 bridgehead atoms. The van der Waals surface area contributed by atoms with E-state index in [-0.39, 0.29) is 24.5 Å². The summed E-state index contributed by atoms with van der Waals surface area (Å²) in [6.07, 6.45) is 6.45. The normalized spacial score (nSPS) is 25.4. The first-order valence-corrected chi connectivity index (χ1v) is 5.67. The molecule has 1 aliphatic rings. The highest BCUT2D eigenvalue weighted by Crippen LogP contribution is 2.25. The van der Waals surface area contributed by atoms with Crippen molar-refractivity contribution in [1.29, 1.82) is 0 Å². The Labute approximate surface area is 95.0 Å². The van der Waals surface area contributed by atoms with E-state index in [4.69, 9.17) is 5.11 Å². The van der Waals surface area contributed by atoms with Gasteiger partial charge in [0.2, 0.25) is 0 Å². The van der Waals surface area contributed by atoms with E-state index in [9.17, 15) is 14.7 Å². The van der Waals surface area contributed by atoms with Gasteiger partial charge in [0.05, 0.1) is 6.10 Å². The number of ketones is 1. The highest BCUT2D eigenvalue weighted by atomic mass is 16.4. The number of allylic oxidation sites excluding steroid dienone is 2. The zero-order chi connectivity index (χ0) is 12.0. The number of carbonyl (C=O) groups is 2. The fourth-order valence-electron chi connectivity index (χ4n) is 1.92. The number of aliphatic hydroxyl groups excluding tert-OH is 1. The minimum absolute atomic E-state index is 0.0364. The first-order valence-electron chi connectivity index (χ1n) is 5.67. The fraction of sp³-hybridized carbons (Fsp3) is 0.667. The molecule has 0 aromatic rings. The number of unbranched alkanes of at least 4 members (excludes halogenated alkanes) is 1. The number of carbonyl (C=O) groups excluding carboxylic acids is 1. The van der Waals surface area contributed by atoms with Crippen molar-refractivity contribution < 1.29 is 19.8 Å². The Morgan fingerprint density at radius 3 is 2.75 bits per heavy atom. The van der Waals surface area contributed by atoms with Gasteiger partial charge in [-0.1, -0.05) is 12.2 Å². The molecule has 0 spiro atoms. The zero-order valence-electron chi connectivity index (χ0n) is 9.26. The third kappa shape index (κ3) is 4.57. The largest absolute Gasteiger partial charge is 0.481 e. The molecule has 1 rings (SSSR count). The summed E-state index contributed by atoms with van der Waals surface area (Å²) in [5.74, 6) is -0.670. The number of rotatable bonds is 6. The number of Topliss-reactive ketones (excluding diaryl/α,β-unsaturated/α-hetero) is 1. The number of carboxylic acids is 1. The van der Waals surface area contributed by atoms with Crippen LogP contribution in [-0.4, -0.2) is 28.1 Å². The van der Waals surface area contributed by atoms with E-state index < -0.39 is 12.1 Å². The van der Waals surface area contributed by atoms with Crippen molar-refractivity contribution in [3.05, 3.63) is 12.2 Å². The van der Waals surface area contributed by atoms with Crippen LogP contribution in [0.15, 0.2) is 12.2 Å². The molecular formula is C12H18O4. The van der Waals surface area contributed by atoms with Gasteiger partial charge in [-0.05, 0) is 25.7 Å². The quantitative estimate of drug-likeness (QED) is 0.532. The molecule has 90 valence electrons. The van der Waals surface area contributed by atoms with Crippen LogP contribution < -0.4 is 0 Å². The molecule has 0 aliphatic heterocycles. The van der Waals surface area contributed by atoms with E-state index in [0.29, 0.717) is 19.3 Å². The van der Waals surface area contributed by atoms with Crippen LogP contribution in [0.4, 0.5) is 0 Å². The number of aliphatic hydroxyl groups is 1. The van der Waals surface area contributed by atoms with Crippen LogP contribution in [-0.2, 0) is 9.59 Å². The molecule has 0 unspecified atom stereocenters. The van der Waals surface area contributed by atoms with E-state index in [1.165, 1.54) is 0 Å². The van der Waals surface area contributed by atoms with Gasteiger partial charge < -0.3 is 10.2 Å². The van der Waals surface area contributed by atoms with Crippen molar-refractivity contribution in [3.63, 3.8) is 0 Å². The van der Waals surface area contributed by atoms with Gasteiger partial charge in [-0.15, -0.1) is 0 Å². The lowest BCUT2D eigenvalue weighted by Gasteiger charge is -2.02. The lowest BCUT2D eigenvalue weighted by Crippen LogP contribution is -2.04. The van der Waals surface area contributed by atoms with Crippen LogP contribution in [0, 0.1) is 5.92 Å². The van der Waals surface area contributed by atoms with Gasteiger partial charge in [0.15, 0.2) is 0 Å². The Bertz CT molecular complexity index is 283. The van der Waals surface area contributed by atoms with Gasteiger partial charge in [0, 0.05) is 18.8 Å². The van der Waals surface area contributed by atoms with Crippen LogP contribution in [0.2, 0.25) is 0 Å². The summed E-state index contributed by atoms with van der Waals surface area (Å²) >= 11 is 0. The first kappa shape index (κ1) is 12.9. The molecule has 1 saturated carbocycles. The maximum atomic E-state index is 11.3. The molecule has 1 fully saturated rings. The SMILES string of the molecule is O=C(O)CCC/C=C\C[C@H]1C[C@@H](O)CC1=O. The zero-order valence-corrected chi connectivity index (χ0v) is 9.26. The average molecular weight is 226 g/mol.